The van der Waals surface area contributed by atoms with Crippen LogP contribution in [0.5, 0.6) is 0 Å². The predicted octanol–water partition coefficient (Wildman–Crippen LogP) is 2.27. The van der Waals surface area contributed by atoms with Crippen LogP contribution in [-0.4, -0.2) is 11.3 Å². The lowest BCUT2D eigenvalue weighted by Crippen LogP contribution is -2.40. The molecular formula is C10H8F3NO. The molecule has 0 fully saturated rings. The molecule has 0 amide bonds. The maximum absolute atomic E-state index is 12.4. The van der Waals surface area contributed by atoms with Crippen molar-refractivity contribution in [3.8, 4) is 6.07 Å². The normalized spacial score (nSPS) is 15.5. The highest BCUT2D eigenvalue weighted by atomic mass is 19.4. The fraction of sp³-hybridized carbons (Fsp3) is 0.300. The second-order valence-corrected chi connectivity index (χ2v) is 3.19. The zero-order valence-electron chi connectivity index (χ0n) is 7.84. The Bertz CT molecular complexity index is 408. The standard InChI is InChI=1S/C10H8F3NO/c1-7-3-2-4-8(5-7)9(15,6-14)10(11,12)13/h2-5,15H,1H3. The lowest BCUT2D eigenvalue weighted by atomic mass is 9.93. The number of nitrogens with zero attached hydrogens (tertiary/aromatic N) is 1. The Morgan fingerprint density at radius 2 is 1.93 bits per heavy atom. The van der Waals surface area contributed by atoms with E-state index in [9.17, 15) is 18.3 Å². The number of aryl methyl sites for hydroxylation is 1. The van der Waals surface area contributed by atoms with E-state index in [2.05, 4.69) is 0 Å². The van der Waals surface area contributed by atoms with Gasteiger partial charge in [-0.1, -0.05) is 29.8 Å². The summed E-state index contributed by atoms with van der Waals surface area (Å²) in [6.07, 6.45) is -5.00. The molecule has 0 spiro atoms. The molecule has 0 saturated heterocycles. The van der Waals surface area contributed by atoms with Crippen molar-refractivity contribution in [3.63, 3.8) is 0 Å². The predicted molar refractivity (Wildman–Crippen MR) is 46.7 cm³/mol. The van der Waals surface area contributed by atoms with Gasteiger partial charge in [-0.2, -0.15) is 18.4 Å². The number of hydrogen-bond donors (Lipinski definition) is 1. The first-order valence-corrected chi connectivity index (χ1v) is 4.09. The van der Waals surface area contributed by atoms with Crippen molar-refractivity contribution in [1.82, 2.24) is 0 Å². The zero-order chi connectivity index (χ0) is 11.7. The minimum Gasteiger partial charge on any atom is -0.365 e. The molecule has 1 N–H and O–H groups in total. The summed E-state index contributed by atoms with van der Waals surface area (Å²) in [5, 5.41) is 17.7. The number of nitriles is 1. The smallest absolute Gasteiger partial charge is 0.365 e. The van der Waals surface area contributed by atoms with Crippen molar-refractivity contribution in [2.45, 2.75) is 18.7 Å². The molecule has 1 aromatic rings. The number of aliphatic hydroxyl groups is 1. The third-order valence-corrected chi connectivity index (χ3v) is 2.01. The van der Waals surface area contributed by atoms with E-state index in [0.717, 1.165) is 18.2 Å². The van der Waals surface area contributed by atoms with Crippen molar-refractivity contribution < 1.29 is 18.3 Å². The Hall–Kier alpha value is -1.54. The average Bonchev–Trinajstić information content (AvgIpc) is 2.14. The topological polar surface area (TPSA) is 44.0 Å². The number of benzene rings is 1. The maximum atomic E-state index is 12.4. The van der Waals surface area contributed by atoms with E-state index in [4.69, 9.17) is 5.26 Å². The summed E-state index contributed by atoms with van der Waals surface area (Å²) >= 11 is 0. The molecule has 1 aromatic carbocycles. The van der Waals surface area contributed by atoms with Gasteiger partial charge >= 0.3 is 6.18 Å². The zero-order valence-corrected chi connectivity index (χ0v) is 7.84. The number of rotatable bonds is 1. The van der Waals surface area contributed by atoms with Gasteiger partial charge in [0.1, 0.15) is 6.07 Å². The molecule has 80 valence electrons. The molecule has 5 heteroatoms. The fourth-order valence-electron chi connectivity index (χ4n) is 1.16. The van der Waals surface area contributed by atoms with Gasteiger partial charge in [0, 0.05) is 5.56 Å². The number of alkyl halides is 3. The van der Waals surface area contributed by atoms with Crippen LogP contribution >= 0.6 is 0 Å². The Balaban J connectivity index is 3.32. The lowest BCUT2D eigenvalue weighted by Gasteiger charge is -2.23. The Morgan fingerprint density at radius 1 is 1.33 bits per heavy atom. The van der Waals surface area contributed by atoms with E-state index < -0.39 is 17.3 Å². The van der Waals surface area contributed by atoms with Gasteiger partial charge in [0.15, 0.2) is 0 Å². The first-order chi connectivity index (χ1) is 6.81. The second-order valence-electron chi connectivity index (χ2n) is 3.19. The molecule has 0 aromatic heterocycles. The summed E-state index contributed by atoms with van der Waals surface area (Å²) < 4.78 is 37.3. The first kappa shape index (κ1) is 11.5. The maximum Gasteiger partial charge on any atom is 0.435 e. The van der Waals surface area contributed by atoms with Gasteiger partial charge in [0.2, 0.25) is 0 Å². The van der Waals surface area contributed by atoms with Gasteiger partial charge in [0.05, 0.1) is 0 Å². The van der Waals surface area contributed by atoms with E-state index in [0.29, 0.717) is 5.56 Å². The largest absolute Gasteiger partial charge is 0.435 e. The van der Waals surface area contributed by atoms with Gasteiger partial charge in [-0.15, -0.1) is 0 Å². The van der Waals surface area contributed by atoms with E-state index in [1.54, 1.807) is 13.0 Å². The van der Waals surface area contributed by atoms with Crippen LogP contribution in [0.1, 0.15) is 11.1 Å². The molecule has 1 unspecified atom stereocenters. The van der Waals surface area contributed by atoms with E-state index in [1.807, 2.05) is 0 Å². The molecule has 0 heterocycles. The van der Waals surface area contributed by atoms with Crippen LogP contribution in [0.3, 0.4) is 0 Å². The highest BCUT2D eigenvalue weighted by Crippen LogP contribution is 2.38. The highest BCUT2D eigenvalue weighted by Gasteiger charge is 2.56. The lowest BCUT2D eigenvalue weighted by molar-refractivity contribution is -0.241. The minimum atomic E-state index is -5.00. The third kappa shape index (κ3) is 1.95. The van der Waals surface area contributed by atoms with E-state index >= 15 is 0 Å². The summed E-state index contributed by atoms with van der Waals surface area (Å²) in [5.41, 5.74) is -3.35. The van der Waals surface area contributed by atoms with Crippen LogP contribution in [0.2, 0.25) is 0 Å². The number of halogens is 3. The molecule has 1 rings (SSSR count). The van der Waals surface area contributed by atoms with Crippen LogP contribution in [-0.2, 0) is 5.60 Å². The van der Waals surface area contributed by atoms with Crippen LogP contribution < -0.4 is 0 Å². The monoisotopic (exact) mass is 215 g/mol. The Kier molecular flexibility index (Phi) is 2.73. The Labute approximate surface area is 84.6 Å². The van der Waals surface area contributed by atoms with Crippen molar-refractivity contribution in [2.24, 2.45) is 0 Å². The molecule has 15 heavy (non-hydrogen) atoms. The van der Waals surface area contributed by atoms with Crippen LogP contribution in [0.15, 0.2) is 24.3 Å². The van der Waals surface area contributed by atoms with Gasteiger partial charge in [-0.05, 0) is 6.92 Å². The summed E-state index contributed by atoms with van der Waals surface area (Å²) in [5.74, 6) is 0. The van der Waals surface area contributed by atoms with Gasteiger partial charge in [0.25, 0.3) is 5.60 Å². The molecule has 0 aliphatic heterocycles. The highest BCUT2D eigenvalue weighted by molar-refractivity contribution is 5.33. The van der Waals surface area contributed by atoms with Crippen molar-refractivity contribution >= 4 is 0 Å². The summed E-state index contributed by atoms with van der Waals surface area (Å²) in [7, 11) is 0. The number of hydrogen-bond acceptors (Lipinski definition) is 2. The summed E-state index contributed by atoms with van der Waals surface area (Å²) in [6, 6.07) is 6.04. The van der Waals surface area contributed by atoms with Crippen molar-refractivity contribution in [3.05, 3.63) is 35.4 Å². The van der Waals surface area contributed by atoms with Crippen LogP contribution in [0, 0.1) is 18.3 Å². The molecule has 0 radical (unpaired) electrons. The molecule has 2 nitrogen and oxygen atoms in total. The third-order valence-electron chi connectivity index (χ3n) is 2.01. The fourth-order valence-corrected chi connectivity index (χ4v) is 1.16. The van der Waals surface area contributed by atoms with Gasteiger partial charge in [-0.3, -0.25) is 0 Å². The summed E-state index contributed by atoms with van der Waals surface area (Å²) in [6.45, 7) is 1.58. The van der Waals surface area contributed by atoms with Gasteiger partial charge in [-0.25, -0.2) is 0 Å². The molecule has 0 bridgehead atoms. The van der Waals surface area contributed by atoms with E-state index in [1.165, 1.54) is 6.07 Å². The molecule has 0 aliphatic carbocycles. The Morgan fingerprint density at radius 3 is 2.33 bits per heavy atom. The molecule has 0 saturated carbocycles. The quantitative estimate of drug-likeness (QED) is 0.730. The van der Waals surface area contributed by atoms with Crippen LogP contribution in [0.4, 0.5) is 13.2 Å². The second kappa shape index (κ2) is 3.55. The van der Waals surface area contributed by atoms with Crippen molar-refractivity contribution in [2.75, 3.05) is 0 Å². The average molecular weight is 215 g/mol. The van der Waals surface area contributed by atoms with Crippen LogP contribution in [0.25, 0.3) is 0 Å². The molecule has 1 atom stereocenters. The summed E-state index contributed by atoms with van der Waals surface area (Å²) in [4.78, 5) is 0. The molecular weight excluding hydrogens is 207 g/mol. The molecule has 0 aliphatic rings. The minimum absolute atomic E-state index is 0.461. The van der Waals surface area contributed by atoms with Crippen molar-refractivity contribution in [1.29, 1.82) is 5.26 Å². The first-order valence-electron chi connectivity index (χ1n) is 4.09. The van der Waals surface area contributed by atoms with E-state index in [-0.39, 0.29) is 0 Å². The van der Waals surface area contributed by atoms with Gasteiger partial charge < -0.3 is 5.11 Å². The SMILES string of the molecule is Cc1cccc(C(O)(C#N)C(F)(F)F)c1.